The van der Waals surface area contributed by atoms with E-state index in [9.17, 15) is 4.79 Å². The molecule has 0 aliphatic rings. The molecule has 0 amide bonds. The summed E-state index contributed by atoms with van der Waals surface area (Å²) in [6, 6.07) is 10.1. The number of carbonyl (C=O) groups excluding carboxylic acids is 1. The van der Waals surface area contributed by atoms with Gasteiger partial charge in [0.1, 0.15) is 20.6 Å². The Balaban J connectivity index is 0.00000324. The van der Waals surface area contributed by atoms with E-state index < -0.39 is 0 Å². The highest BCUT2D eigenvalue weighted by Crippen LogP contribution is 2.07. The van der Waals surface area contributed by atoms with Gasteiger partial charge in [-0.2, -0.15) is 0 Å². The number of quaternary nitrogens is 1. The molecule has 19 heavy (non-hydrogen) atoms. The molecular formula is C15H22ClNO2. The van der Waals surface area contributed by atoms with Gasteiger partial charge in [-0.05, 0) is 25.8 Å². The topological polar surface area (TPSA) is 26.3 Å². The largest absolute Gasteiger partial charge is 1.00 e. The number of allylic oxidation sites excluding steroid dienone is 1. The molecule has 1 aromatic rings. The van der Waals surface area contributed by atoms with Crippen LogP contribution in [0, 0.1) is 0 Å². The first-order valence-corrected chi connectivity index (χ1v) is 6.22. The van der Waals surface area contributed by atoms with Crippen molar-refractivity contribution in [2.45, 2.75) is 20.3 Å². The number of halogens is 1. The number of nitrogens with zero attached hydrogens (tertiary/aromatic N) is 1. The zero-order chi connectivity index (χ0) is 13.6. The smallest absolute Gasteiger partial charge is 0.392 e. The predicted octanol–water partition coefficient (Wildman–Crippen LogP) is -0.266. The number of hydrogen-bond acceptors (Lipinski definition) is 2. The van der Waals surface area contributed by atoms with E-state index in [2.05, 4.69) is 0 Å². The molecule has 3 nitrogen and oxygen atoms in total. The SMILES string of the molecule is CC[N+](C)(C)OC(=O)/C(C)=C/Cc1ccccc1.[Cl-]. The lowest BCUT2D eigenvalue weighted by Gasteiger charge is -2.24. The summed E-state index contributed by atoms with van der Waals surface area (Å²) in [6.45, 7) is 4.52. The normalized spacial score (nSPS) is 11.7. The average molecular weight is 284 g/mol. The highest BCUT2D eigenvalue weighted by Gasteiger charge is 2.20. The Morgan fingerprint density at radius 1 is 1.26 bits per heavy atom. The Hall–Kier alpha value is -1.32. The standard InChI is InChI=1S/C15H22NO2.ClH/c1-5-16(3,4)18-15(17)13(2)11-12-14-9-7-6-8-10-14;/h6-11H,5,12H2,1-4H3;1H/q+1;/p-1/b13-11+;. The van der Waals surface area contributed by atoms with Crippen LogP contribution in [0.1, 0.15) is 19.4 Å². The van der Waals surface area contributed by atoms with E-state index in [4.69, 9.17) is 4.84 Å². The molecule has 0 unspecified atom stereocenters. The zero-order valence-electron chi connectivity index (χ0n) is 12.0. The highest BCUT2D eigenvalue weighted by molar-refractivity contribution is 5.87. The highest BCUT2D eigenvalue weighted by atomic mass is 35.5. The summed E-state index contributed by atoms with van der Waals surface area (Å²) in [7, 11) is 3.73. The van der Waals surface area contributed by atoms with E-state index >= 15 is 0 Å². The van der Waals surface area contributed by atoms with Crippen LogP contribution in [0.3, 0.4) is 0 Å². The summed E-state index contributed by atoms with van der Waals surface area (Å²) in [5, 5.41) is 0. The van der Waals surface area contributed by atoms with Gasteiger partial charge in [0, 0.05) is 5.57 Å². The van der Waals surface area contributed by atoms with Crippen LogP contribution in [0.5, 0.6) is 0 Å². The predicted molar refractivity (Wildman–Crippen MR) is 72.6 cm³/mol. The maximum Gasteiger partial charge on any atom is 0.392 e. The lowest BCUT2D eigenvalue weighted by Crippen LogP contribution is -3.00. The monoisotopic (exact) mass is 283 g/mol. The van der Waals surface area contributed by atoms with E-state index in [0.29, 0.717) is 5.57 Å². The quantitative estimate of drug-likeness (QED) is 0.423. The van der Waals surface area contributed by atoms with Crippen molar-refractivity contribution < 1.29 is 26.7 Å². The Bertz CT molecular complexity index is 427. The Morgan fingerprint density at radius 3 is 2.37 bits per heavy atom. The first-order valence-electron chi connectivity index (χ1n) is 6.22. The van der Waals surface area contributed by atoms with Gasteiger partial charge in [0.15, 0.2) is 0 Å². The molecule has 0 bridgehead atoms. The molecule has 0 aliphatic carbocycles. The van der Waals surface area contributed by atoms with Crippen molar-refractivity contribution in [2.75, 3.05) is 20.6 Å². The zero-order valence-corrected chi connectivity index (χ0v) is 12.8. The third-order valence-electron chi connectivity index (χ3n) is 2.90. The van der Waals surface area contributed by atoms with Crippen molar-refractivity contribution in [3.63, 3.8) is 0 Å². The summed E-state index contributed by atoms with van der Waals surface area (Å²) in [5.41, 5.74) is 1.84. The Morgan fingerprint density at radius 2 is 1.84 bits per heavy atom. The van der Waals surface area contributed by atoms with Crippen molar-refractivity contribution >= 4 is 5.97 Å². The van der Waals surface area contributed by atoms with E-state index in [1.54, 1.807) is 6.92 Å². The van der Waals surface area contributed by atoms with Crippen molar-refractivity contribution in [2.24, 2.45) is 0 Å². The van der Waals surface area contributed by atoms with Crippen molar-refractivity contribution in [3.8, 4) is 0 Å². The summed E-state index contributed by atoms with van der Waals surface area (Å²) >= 11 is 0. The maximum absolute atomic E-state index is 11.8. The third-order valence-corrected chi connectivity index (χ3v) is 2.90. The maximum atomic E-state index is 11.8. The van der Waals surface area contributed by atoms with Crippen LogP contribution in [0.4, 0.5) is 0 Å². The van der Waals surface area contributed by atoms with E-state index in [0.717, 1.165) is 13.0 Å². The van der Waals surface area contributed by atoms with Crippen molar-refractivity contribution in [1.29, 1.82) is 0 Å². The molecule has 0 aromatic heterocycles. The molecule has 0 atom stereocenters. The minimum Gasteiger partial charge on any atom is -1.00 e. The van der Waals surface area contributed by atoms with Gasteiger partial charge in [-0.3, -0.25) is 4.84 Å². The first kappa shape index (κ1) is 17.7. The van der Waals surface area contributed by atoms with Gasteiger partial charge < -0.3 is 12.4 Å². The Kier molecular flexibility index (Phi) is 7.42. The lowest BCUT2D eigenvalue weighted by molar-refractivity contribution is -1.06. The molecule has 0 N–H and O–H groups in total. The number of benzene rings is 1. The fraction of sp³-hybridized carbons (Fsp3) is 0.400. The lowest BCUT2D eigenvalue weighted by atomic mass is 10.1. The van der Waals surface area contributed by atoms with Crippen LogP contribution in [0.25, 0.3) is 0 Å². The molecule has 1 rings (SSSR count). The van der Waals surface area contributed by atoms with Crippen LogP contribution < -0.4 is 12.4 Å². The Labute approximate surface area is 121 Å². The van der Waals surface area contributed by atoms with Crippen LogP contribution in [-0.4, -0.2) is 31.3 Å². The molecule has 4 heteroatoms. The fourth-order valence-corrected chi connectivity index (χ4v) is 1.33. The molecule has 0 heterocycles. The van der Waals surface area contributed by atoms with Crippen molar-refractivity contribution in [3.05, 3.63) is 47.5 Å². The molecule has 0 radical (unpaired) electrons. The van der Waals surface area contributed by atoms with E-state index in [1.165, 1.54) is 5.56 Å². The second-order valence-electron chi connectivity index (χ2n) is 4.85. The fourth-order valence-electron chi connectivity index (χ4n) is 1.33. The van der Waals surface area contributed by atoms with Crippen LogP contribution in [-0.2, 0) is 16.1 Å². The molecule has 0 saturated carbocycles. The second-order valence-corrected chi connectivity index (χ2v) is 4.85. The van der Waals surface area contributed by atoms with Crippen molar-refractivity contribution in [1.82, 2.24) is 0 Å². The molecule has 106 valence electrons. The molecule has 0 spiro atoms. The summed E-state index contributed by atoms with van der Waals surface area (Å²) in [5.74, 6) is -0.252. The number of rotatable bonds is 5. The van der Waals surface area contributed by atoms with Crippen LogP contribution in [0.15, 0.2) is 42.0 Å². The third kappa shape index (κ3) is 6.41. The molecule has 0 fully saturated rings. The van der Waals surface area contributed by atoms with Crippen LogP contribution in [0.2, 0.25) is 0 Å². The van der Waals surface area contributed by atoms with Gasteiger partial charge in [-0.25, -0.2) is 4.79 Å². The second kappa shape index (κ2) is 7.97. The minimum atomic E-state index is -0.252. The first-order chi connectivity index (χ1) is 8.44. The van der Waals surface area contributed by atoms with Gasteiger partial charge in [0.05, 0.1) is 0 Å². The van der Waals surface area contributed by atoms with Gasteiger partial charge in [-0.15, -0.1) is 4.65 Å². The molecule has 1 aromatic carbocycles. The minimum absolute atomic E-state index is 0. The van der Waals surface area contributed by atoms with E-state index in [1.807, 2.05) is 57.4 Å². The van der Waals surface area contributed by atoms with Crippen LogP contribution >= 0.6 is 0 Å². The average Bonchev–Trinajstić information content (AvgIpc) is 2.36. The van der Waals surface area contributed by atoms with Gasteiger partial charge in [-0.1, -0.05) is 36.4 Å². The molecular weight excluding hydrogens is 262 g/mol. The van der Waals surface area contributed by atoms with Gasteiger partial charge >= 0.3 is 5.97 Å². The van der Waals surface area contributed by atoms with E-state index in [-0.39, 0.29) is 23.0 Å². The number of hydroxylamine groups is 3. The molecule has 0 aliphatic heterocycles. The van der Waals surface area contributed by atoms with Gasteiger partial charge in [0.25, 0.3) is 0 Å². The number of hydrogen-bond donors (Lipinski definition) is 0. The summed E-state index contributed by atoms with van der Waals surface area (Å²) in [6.07, 6.45) is 2.66. The molecule has 0 saturated heterocycles. The van der Waals surface area contributed by atoms with Gasteiger partial charge in [0.2, 0.25) is 0 Å². The number of carbonyl (C=O) groups is 1. The summed E-state index contributed by atoms with van der Waals surface area (Å²) < 4.78 is 0.245. The summed E-state index contributed by atoms with van der Waals surface area (Å²) in [4.78, 5) is 17.2.